The van der Waals surface area contributed by atoms with E-state index in [-0.39, 0.29) is 11.9 Å². The molecule has 1 aliphatic heterocycles. The lowest BCUT2D eigenvalue weighted by Gasteiger charge is -2.17. The van der Waals surface area contributed by atoms with Gasteiger partial charge >= 0.3 is 0 Å². The first-order valence-electron chi connectivity index (χ1n) is 5.14. The average Bonchev–Trinajstić information content (AvgIpc) is 2.65. The zero-order valence-electron chi connectivity index (χ0n) is 8.65. The number of hydrogen-bond donors (Lipinski definition) is 1. The molecule has 1 fully saturated rings. The first-order chi connectivity index (χ1) is 7.22. The van der Waals surface area contributed by atoms with Gasteiger partial charge in [-0.25, -0.2) is 14.4 Å². The van der Waals surface area contributed by atoms with Crippen molar-refractivity contribution in [2.45, 2.75) is 25.9 Å². The third-order valence-electron chi connectivity index (χ3n) is 2.64. The highest BCUT2D eigenvalue weighted by atomic mass is 19.1. The zero-order valence-corrected chi connectivity index (χ0v) is 8.65. The second kappa shape index (κ2) is 4.10. The third-order valence-corrected chi connectivity index (χ3v) is 2.64. The van der Waals surface area contributed by atoms with Crippen LogP contribution >= 0.6 is 0 Å². The maximum atomic E-state index is 13.8. The Morgan fingerprint density at radius 1 is 1.60 bits per heavy atom. The van der Waals surface area contributed by atoms with E-state index in [9.17, 15) is 9.50 Å². The average molecular weight is 211 g/mol. The molecule has 1 aliphatic rings. The molecule has 0 bridgehead atoms. The number of anilines is 1. The van der Waals surface area contributed by atoms with Gasteiger partial charge in [0.2, 0.25) is 0 Å². The highest BCUT2D eigenvalue weighted by Crippen LogP contribution is 2.22. The van der Waals surface area contributed by atoms with E-state index in [0.29, 0.717) is 37.4 Å². The van der Waals surface area contributed by atoms with E-state index in [1.807, 2.05) is 6.92 Å². The van der Waals surface area contributed by atoms with Crippen LogP contribution < -0.4 is 4.90 Å². The SMILES string of the molecule is CCc1ncnc(N2CC[C@H](O)C2)c1F. The Hall–Kier alpha value is -1.23. The number of hydrogen-bond acceptors (Lipinski definition) is 4. The van der Waals surface area contributed by atoms with Crippen LogP contribution in [0.5, 0.6) is 0 Å². The van der Waals surface area contributed by atoms with Crippen LogP contribution in [0, 0.1) is 5.82 Å². The molecule has 1 atom stereocenters. The predicted molar refractivity (Wildman–Crippen MR) is 54.2 cm³/mol. The first kappa shape index (κ1) is 10.3. The van der Waals surface area contributed by atoms with E-state index in [1.165, 1.54) is 6.33 Å². The smallest absolute Gasteiger partial charge is 0.187 e. The summed E-state index contributed by atoms with van der Waals surface area (Å²) in [7, 11) is 0. The molecule has 15 heavy (non-hydrogen) atoms. The van der Waals surface area contributed by atoms with E-state index < -0.39 is 0 Å². The number of aliphatic hydroxyl groups excluding tert-OH is 1. The van der Waals surface area contributed by atoms with Gasteiger partial charge in [-0.1, -0.05) is 6.92 Å². The van der Waals surface area contributed by atoms with Gasteiger partial charge in [-0.15, -0.1) is 0 Å². The summed E-state index contributed by atoms with van der Waals surface area (Å²) in [6, 6.07) is 0. The van der Waals surface area contributed by atoms with Gasteiger partial charge in [-0.2, -0.15) is 0 Å². The maximum absolute atomic E-state index is 13.8. The molecule has 0 amide bonds. The lowest BCUT2D eigenvalue weighted by Crippen LogP contribution is -2.24. The Bertz CT molecular complexity index is 359. The molecular weight excluding hydrogens is 197 g/mol. The van der Waals surface area contributed by atoms with Gasteiger partial charge in [0.25, 0.3) is 0 Å². The van der Waals surface area contributed by atoms with E-state index in [4.69, 9.17) is 0 Å². The second-order valence-corrected chi connectivity index (χ2v) is 3.70. The molecule has 2 rings (SSSR count). The van der Waals surface area contributed by atoms with Gasteiger partial charge < -0.3 is 10.0 Å². The summed E-state index contributed by atoms with van der Waals surface area (Å²) < 4.78 is 13.8. The van der Waals surface area contributed by atoms with Crippen LogP contribution in [0.2, 0.25) is 0 Å². The monoisotopic (exact) mass is 211 g/mol. The van der Waals surface area contributed by atoms with Gasteiger partial charge in [-0.05, 0) is 12.8 Å². The van der Waals surface area contributed by atoms with Crippen molar-refractivity contribution < 1.29 is 9.50 Å². The van der Waals surface area contributed by atoms with Crippen LogP contribution in [-0.4, -0.2) is 34.3 Å². The fraction of sp³-hybridized carbons (Fsp3) is 0.600. The summed E-state index contributed by atoms with van der Waals surface area (Å²) in [5, 5.41) is 9.37. The maximum Gasteiger partial charge on any atom is 0.187 e. The van der Waals surface area contributed by atoms with Crippen molar-refractivity contribution in [2.24, 2.45) is 0 Å². The van der Waals surface area contributed by atoms with Crippen LogP contribution in [0.25, 0.3) is 0 Å². The fourth-order valence-corrected chi connectivity index (χ4v) is 1.80. The van der Waals surface area contributed by atoms with Crippen molar-refractivity contribution in [3.05, 3.63) is 17.8 Å². The zero-order chi connectivity index (χ0) is 10.8. The highest BCUT2D eigenvalue weighted by Gasteiger charge is 2.24. The summed E-state index contributed by atoms with van der Waals surface area (Å²) in [4.78, 5) is 9.57. The molecule has 1 N–H and O–H groups in total. The Morgan fingerprint density at radius 2 is 2.40 bits per heavy atom. The van der Waals surface area contributed by atoms with Crippen LogP contribution in [-0.2, 0) is 6.42 Å². The lowest BCUT2D eigenvalue weighted by atomic mass is 10.3. The molecule has 2 heterocycles. The summed E-state index contributed by atoms with van der Waals surface area (Å²) in [5.74, 6) is -0.0347. The van der Waals surface area contributed by atoms with E-state index in [1.54, 1.807) is 4.90 Å². The molecular formula is C10H14FN3O. The van der Waals surface area contributed by atoms with E-state index in [0.717, 1.165) is 0 Å². The highest BCUT2D eigenvalue weighted by molar-refractivity contribution is 5.42. The molecule has 1 saturated heterocycles. The predicted octanol–water partition coefficient (Wildman–Crippen LogP) is 0.749. The van der Waals surface area contributed by atoms with Gasteiger partial charge in [0, 0.05) is 13.1 Å². The van der Waals surface area contributed by atoms with Crippen molar-refractivity contribution in [3.8, 4) is 0 Å². The molecule has 1 aromatic heterocycles. The summed E-state index contributed by atoms with van der Waals surface area (Å²) in [6.07, 6.45) is 2.23. The van der Waals surface area contributed by atoms with Crippen molar-refractivity contribution >= 4 is 5.82 Å². The summed E-state index contributed by atoms with van der Waals surface area (Å²) >= 11 is 0. The fourth-order valence-electron chi connectivity index (χ4n) is 1.80. The number of aryl methyl sites for hydroxylation is 1. The number of aromatic nitrogens is 2. The van der Waals surface area contributed by atoms with Crippen LogP contribution in [0.4, 0.5) is 10.2 Å². The standard InChI is InChI=1S/C10H14FN3O/c1-2-8-9(11)10(13-6-12-8)14-4-3-7(15)5-14/h6-7,15H,2-5H2,1H3/t7-/m0/s1. The quantitative estimate of drug-likeness (QED) is 0.784. The van der Waals surface area contributed by atoms with E-state index >= 15 is 0 Å². The number of aliphatic hydroxyl groups is 1. The molecule has 0 unspecified atom stereocenters. The largest absolute Gasteiger partial charge is 0.391 e. The Kier molecular flexibility index (Phi) is 2.81. The molecule has 0 radical (unpaired) electrons. The number of nitrogens with zero attached hydrogens (tertiary/aromatic N) is 3. The summed E-state index contributed by atoms with van der Waals surface area (Å²) in [5.41, 5.74) is 0.432. The molecule has 4 nitrogen and oxygen atoms in total. The minimum Gasteiger partial charge on any atom is -0.391 e. The van der Waals surface area contributed by atoms with E-state index in [2.05, 4.69) is 9.97 Å². The minimum absolute atomic E-state index is 0.318. The molecule has 5 heteroatoms. The molecule has 0 aromatic carbocycles. The lowest BCUT2D eigenvalue weighted by molar-refractivity contribution is 0.198. The molecule has 0 saturated carbocycles. The molecule has 1 aromatic rings. The van der Waals surface area contributed by atoms with Gasteiger partial charge in [0.1, 0.15) is 6.33 Å². The normalized spacial score (nSPS) is 21.0. The van der Waals surface area contributed by atoms with Crippen LogP contribution in [0.1, 0.15) is 19.0 Å². The second-order valence-electron chi connectivity index (χ2n) is 3.70. The first-order valence-corrected chi connectivity index (χ1v) is 5.14. The molecule has 0 aliphatic carbocycles. The van der Waals surface area contributed by atoms with Crippen LogP contribution in [0.15, 0.2) is 6.33 Å². The molecule has 82 valence electrons. The Labute approximate surface area is 87.8 Å². The Balaban J connectivity index is 2.28. The van der Waals surface area contributed by atoms with Gasteiger partial charge in [0.15, 0.2) is 11.6 Å². The van der Waals surface area contributed by atoms with Gasteiger partial charge in [-0.3, -0.25) is 0 Å². The van der Waals surface area contributed by atoms with Crippen molar-refractivity contribution in [2.75, 3.05) is 18.0 Å². The third kappa shape index (κ3) is 1.92. The topological polar surface area (TPSA) is 49.2 Å². The van der Waals surface area contributed by atoms with Crippen LogP contribution in [0.3, 0.4) is 0 Å². The number of β-amino-alcohol motifs (C(OH)–C–C–N with tert-alkyl or cyclic N) is 1. The van der Waals surface area contributed by atoms with Crippen molar-refractivity contribution in [1.29, 1.82) is 0 Å². The van der Waals surface area contributed by atoms with Crippen molar-refractivity contribution in [1.82, 2.24) is 9.97 Å². The summed E-state index contributed by atoms with van der Waals surface area (Å²) in [6.45, 7) is 2.96. The number of rotatable bonds is 2. The molecule has 0 spiro atoms. The van der Waals surface area contributed by atoms with Gasteiger partial charge in [0.05, 0.1) is 11.8 Å². The minimum atomic E-state index is -0.371. The Morgan fingerprint density at radius 3 is 3.00 bits per heavy atom. The van der Waals surface area contributed by atoms with Crippen molar-refractivity contribution in [3.63, 3.8) is 0 Å². The number of halogens is 1.